The Hall–Kier alpha value is -3.82. The molecule has 2 aliphatic rings. The van der Waals surface area contributed by atoms with Gasteiger partial charge in [0.1, 0.15) is 5.69 Å². The summed E-state index contributed by atoms with van der Waals surface area (Å²) >= 11 is 0. The number of nitrogens with zero attached hydrogens (tertiary/aromatic N) is 8. The van der Waals surface area contributed by atoms with Gasteiger partial charge in [-0.2, -0.15) is 5.10 Å². The first-order chi connectivity index (χ1) is 19.2. The molecule has 5 heterocycles. The van der Waals surface area contributed by atoms with Crippen molar-refractivity contribution in [1.82, 2.24) is 34.5 Å². The van der Waals surface area contributed by atoms with Crippen molar-refractivity contribution in [2.45, 2.75) is 32.4 Å². The average molecular weight is 524 g/mol. The van der Waals surface area contributed by atoms with Crippen LogP contribution in [0.25, 0.3) is 22.5 Å². The van der Waals surface area contributed by atoms with E-state index in [4.69, 9.17) is 10.1 Å². The summed E-state index contributed by atoms with van der Waals surface area (Å²) in [6.45, 7) is 9.87. The van der Waals surface area contributed by atoms with Gasteiger partial charge in [0.25, 0.3) is 0 Å². The van der Waals surface area contributed by atoms with Crippen molar-refractivity contribution in [2.75, 3.05) is 56.5 Å². The van der Waals surface area contributed by atoms with Gasteiger partial charge in [-0.25, -0.2) is 9.97 Å². The molecule has 9 heteroatoms. The van der Waals surface area contributed by atoms with Gasteiger partial charge in [-0.05, 0) is 69.3 Å². The van der Waals surface area contributed by atoms with E-state index in [1.807, 2.05) is 35.3 Å². The first kappa shape index (κ1) is 25.5. The van der Waals surface area contributed by atoms with Crippen molar-refractivity contribution < 1.29 is 0 Å². The topological polar surface area (TPSA) is 78.2 Å². The molecule has 39 heavy (non-hydrogen) atoms. The van der Waals surface area contributed by atoms with Crippen molar-refractivity contribution in [3.63, 3.8) is 0 Å². The van der Waals surface area contributed by atoms with E-state index in [9.17, 15) is 0 Å². The van der Waals surface area contributed by atoms with Crippen LogP contribution in [-0.4, -0.2) is 86.9 Å². The van der Waals surface area contributed by atoms with Gasteiger partial charge in [0.05, 0.1) is 5.69 Å². The first-order valence-electron chi connectivity index (χ1n) is 14.0. The number of aryl methyl sites for hydroxylation is 1. The molecule has 0 aliphatic carbocycles. The van der Waals surface area contributed by atoms with Crippen LogP contribution in [0.4, 0.5) is 17.3 Å². The lowest BCUT2D eigenvalue weighted by Gasteiger charge is -2.42. The number of nitrogens with one attached hydrogen (secondary N) is 1. The predicted octanol–water partition coefficient (Wildman–Crippen LogP) is 4.38. The largest absolute Gasteiger partial charge is 0.371 e. The maximum Gasteiger partial charge on any atom is 0.227 e. The molecule has 1 N–H and O–H groups in total. The summed E-state index contributed by atoms with van der Waals surface area (Å²) in [6.07, 6.45) is 9.91. The molecule has 1 aromatic carbocycles. The summed E-state index contributed by atoms with van der Waals surface area (Å²) in [6, 6.07) is 15.2. The summed E-state index contributed by atoms with van der Waals surface area (Å²) in [5, 5.41) is 8.15. The number of piperidine rings is 1. The molecule has 6 rings (SSSR count). The quantitative estimate of drug-likeness (QED) is 0.382. The van der Waals surface area contributed by atoms with Crippen LogP contribution in [0, 0.1) is 0 Å². The molecule has 2 fully saturated rings. The van der Waals surface area contributed by atoms with E-state index in [2.05, 4.69) is 68.2 Å². The highest BCUT2D eigenvalue weighted by Gasteiger charge is 2.26. The number of likely N-dealkylation sites (N-methyl/N-ethyl adjacent to an activating group) is 1. The second-order valence-corrected chi connectivity index (χ2v) is 10.5. The molecule has 202 valence electrons. The number of anilines is 3. The molecular formula is C30H37N9. The van der Waals surface area contributed by atoms with Gasteiger partial charge in [0.2, 0.25) is 5.95 Å². The molecule has 2 aliphatic heterocycles. The van der Waals surface area contributed by atoms with Crippen molar-refractivity contribution in [1.29, 1.82) is 0 Å². The van der Waals surface area contributed by atoms with Crippen LogP contribution in [0.2, 0.25) is 0 Å². The Bertz CT molecular complexity index is 1350. The number of aromatic nitrogens is 5. The number of piperazine rings is 1. The van der Waals surface area contributed by atoms with E-state index in [0.717, 1.165) is 53.9 Å². The van der Waals surface area contributed by atoms with Crippen molar-refractivity contribution in [2.24, 2.45) is 0 Å². The Kier molecular flexibility index (Phi) is 7.51. The van der Waals surface area contributed by atoms with E-state index in [-0.39, 0.29) is 0 Å². The summed E-state index contributed by atoms with van der Waals surface area (Å²) < 4.78 is 1.93. The molecule has 0 amide bonds. The fourth-order valence-corrected chi connectivity index (χ4v) is 5.62. The van der Waals surface area contributed by atoms with Crippen LogP contribution >= 0.6 is 0 Å². The lowest BCUT2D eigenvalue weighted by Crippen LogP contribution is -2.52. The molecule has 0 bridgehead atoms. The van der Waals surface area contributed by atoms with Crippen LogP contribution in [0.5, 0.6) is 0 Å². The summed E-state index contributed by atoms with van der Waals surface area (Å²) in [4.78, 5) is 21.2. The van der Waals surface area contributed by atoms with E-state index in [1.165, 1.54) is 44.7 Å². The normalized spacial score (nSPS) is 17.4. The summed E-state index contributed by atoms with van der Waals surface area (Å²) in [7, 11) is 2.23. The zero-order valence-corrected chi connectivity index (χ0v) is 22.9. The van der Waals surface area contributed by atoms with Gasteiger partial charge in [0, 0.05) is 99.1 Å². The molecule has 2 saturated heterocycles. The van der Waals surface area contributed by atoms with Gasteiger partial charge >= 0.3 is 0 Å². The van der Waals surface area contributed by atoms with Crippen LogP contribution in [0.3, 0.4) is 0 Å². The first-order valence-corrected chi connectivity index (χ1v) is 14.0. The lowest BCUT2D eigenvalue weighted by molar-refractivity contribution is 0.0982. The highest BCUT2D eigenvalue weighted by Crippen LogP contribution is 2.30. The minimum absolute atomic E-state index is 0.564. The second-order valence-electron chi connectivity index (χ2n) is 10.5. The molecule has 0 spiro atoms. The van der Waals surface area contributed by atoms with Gasteiger partial charge in [-0.3, -0.25) is 14.6 Å². The Morgan fingerprint density at radius 1 is 0.923 bits per heavy atom. The third-order valence-electron chi connectivity index (χ3n) is 7.96. The van der Waals surface area contributed by atoms with E-state index in [0.29, 0.717) is 5.95 Å². The Morgan fingerprint density at radius 2 is 1.72 bits per heavy atom. The predicted molar refractivity (Wildman–Crippen MR) is 156 cm³/mol. The average Bonchev–Trinajstić information content (AvgIpc) is 3.44. The number of benzene rings is 1. The molecular weight excluding hydrogens is 486 g/mol. The third kappa shape index (κ3) is 5.79. The number of pyridine rings is 1. The maximum atomic E-state index is 4.83. The fourth-order valence-electron chi connectivity index (χ4n) is 5.62. The van der Waals surface area contributed by atoms with Crippen LogP contribution in [0.15, 0.2) is 67.3 Å². The Balaban J connectivity index is 1.11. The zero-order valence-electron chi connectivity index (χ0n) is 22.9. The Morgan fingerprint density at radius 3 is 2.44 bits per heavy atom. The molecule has 0 radical (unpaired) electrons. The summed E-state index contributed by atoms with van der Waals surface area (Å²) in [5.74, 6) is 0.564. The summed E-state index contributed by atoms with van der Waals surface area (Å²) in [5.41, 5.74) is 5.88. The molecule has 4 aromatic rings. The fraction of sp³-hybridized carbons (Fsp3) is 0.400. The monoisotopic (exact) mass is 523 g/mol. The smallest absolute Gasteiger partial charge is 0.227 e. The molecule has 0 atom stereocenters. The van der Waals surface area contributed by atoms with E-state index >= 15 is 0 Å². The lowest BCUT2D eigenvalue weighted by atomic mass is 10.0. The number of hydrogen-bond acceptors (Lipinski definition) is 8. The van der Waals surface area contributed by atoms with Gasteiger partial charge in [-0.1, -0.05) is 0 Å². The minimum atomic E-state index is 0.564. The van der Waals surface area contributed by atoms with E-state index in [1.54, 1.807) is 12.4 Å². The van der Waals surface area contributed by atoms with Gasteiger partial charge in [-0.15, -0.1) is 0 Å². The zero-order chi connectivity index (χ0) is 26.6. The van der Waals surface area contributed by atoms with Gasteiger partial charge < -0.3 is 15.1 Å². The van der Waals surface area contributed by atoms with Crippen molar-refractivity contribution >= 4 is 17.3 Å². The standard InChI is InChI=1S/C30H37N9/c1-3-39-22-27(29(35-39)23-5-4-13-31-21-23)28-10-14-32-30(34-28)33-24-6-8-25(9-7-24)37-15-11-26(12-16-37)38-19-17-36(2)18-20-38/h4-10,13-14,21-22,26H,3,11-12,15-20H2,1-2H3,(H,32,33,34). The highest BCUT2D eigenvalue weighted by molar-refractivity contribution is 5.78. The van der Waals surface area contributed by atoms with Crippen molar-refractivity contribution in [3.8, 4) is 22.5 Å². The third-order valence-corrected chi connectivity index (χ3v) is 7.96. The van der Waals surface area contributed by atoms with Crippen LogP contribution < -0.4 is 10.2 Å². The van der Waals surface area contributed by atoms with Crippen molar-refractivity contribution in [3.05, 3.63) is 67.3 Å². The Labute approximate surface area is 230 Å². The minimum Gasteiger partial charge on any atom is -0.371 e. The molecule has 9 nitrogen and oxygen atoms in total. The van der Waals surface area contributed by atoms with E-state index < -0.39 is 0 Å². The van der Waals surface area contributed by atoms with Crippen LogP contribution in [0.1, 0.15) is 19.8 Å². The number of hydrogen-bond donors (Lipinski definition) is 1. The molecule has 0 saturated carbocycles. The van der Waals surface area contributed by atoms with Gasteiger partial charge in [0.15, 0.2) is 0 Å². The second kappa shape index (κ2) is 11.5. The molecule has 3 aromatic heterocycles. The SMILES string of the molecule is CCn1cc(-c2ccnc(Nc3ccc(N4CCC(N5CCN(C)CC5)CC4)cc3)n2)c(-c2cccnc2)n1. The molecule has 0 unspecified atom stereocenters. The van der Waals surface area contributed by atoms with Crippen LogP contribution in [-0.2, 0) is 6.54 Å². The number of rotatable bonds is 7. The maximum absolute atomic E-state index is 4.83. The highest BCUT2D eigenvalue weighted by atomic mass is 15.3.